The van der Waals surface area contributed by atoms with Crippen LogP contribution in [0.25, 0.3) is 0 Å². The standard InChI is InChI=1S/C18H22BNO3/c1-17(2)18(3,4)23-19(22-17)16-11-10-15(12-20-16)21-13-14-8-6-5-7-9-14/h5-12H,13H2,1-4H3. The summed E-state index contributed by atoms with van der Waals surface area (Å²) in [7, 11) is -0.442. The molecule has 0 N–H and O–H groups in total. The van der Waals surface area contributed by atoms with Gasteiger partial charge in [-0.15, -0.1) is 0 Å². The van der Waals surface area contributed by atoms with Crippen molar-refractivity contribution in [1.82, 2.24) is 4.98 Å². The summed E-state index contributed by atoms with van der Waals surface area (Å²) in [6.07, 6.45) is 1.71. The Balaban J connectivity index is 1.64. The molecule has 1 aliphatic heterocycles. The van der Waals surface area contributed by atoms with Crippen LogP contribution in [0.4, 0.5) is 0 Å². The van der Waals surface area contributed by atoms with Crippen LogP contribution in [0, 0.1) is 0 Å². The molecule has 1 fully saturated rings. The van der Waals surface area contributed by atoms with Gasteiger partial charge in [-0.3, -0.25) is 4.98 Å². The molecule has 2 heterocycles. The summed E-state index contributed by atoms with van der Waals surface area (Å²) in [6, 6.07) is 13.8. The fourth-order valence-corrected chi connectivity index (χ4v) is 2.32. The first-order valence-corrected chi connectivity index (χ1v) is 7.86. The number of ether oxygens (including phenoxy) is 1. The molecule has 0 bridgehead atoms. The largest absolute Gasteiger partial charge is 0.514 e. The summed E-state index contributed by atoms with van der Waals surface area (Å²) in [4.78, 5) is 4.43. The molecule has 5 heteroatoms. The number of nitrogens with zero attached hydrogens (tertiary/aromatic N) is 1. The Bertz CT molecular complexity index is 640. The Morgan fingerprint density at radius 1 is 0.957 bits per heavy atom. The molecule has 0 atom stereocenters. The molecule has 120 valence electrons. The maximum Gasteiger partial charge on any atom is 0.514 e. The zero-order valence-corrected chi connectivity index (χ0v) is 14.1. The Hall–Kier alpha value is -1.85. The highest BCUT2D eigenvalue weighted by molar-refractivity contribution is 6.61. The number of rotatable bonds is 4. The average Bonchev–Trinajstić information content (AvgIpc) is 2.75. The fraction of sp³-hybridized carbons (Fsp3) is 0.389. The second-order valence-corrected chi connectivity index (χ2v) is 6.78. The van der Waals surface area contributed by atoms with Gasteiger partial charge in [-0.25, -0.2) is 0 Å². The third kappa shape index (κ3) is 3.41. The molecule has 0 unspecified atom stereocenters. The summed E-state index contributed by atoms with van der Waals surface area (Å²) in [5, 5.41) is 0. The van der Waals surface area contributed by atoms with Crippen molar-refractivity contribution >= 4 is 12.7 Å². The number of hydrogen-bond donors (Lipinski definition) is 0. The van der Waals surface area contributed by atoms with Gasteiger partial charge in [0.15, 0.2) is 0 Å². The summed E-state index contributed by atoms with van der Waals surface area (Å²) in [5.74, 6) is 0.731. The van der Waals surface area contributed by atoms with E-state index in [2.05, 4.69) is 4.98 Å². The van der Waals surface area contributed by atoms with E-state index in [9.17, 15) is 0 Å². The molecule has 3 rings (SSSR count). The smallest absolute Gasteiger partial charge is 0.487 e. The van der Waals surface area contributed by atoms with Gasteiger partial charge in [-0.05, 0) is 45.4 Å². The van der Waals surface area contributed by atoms with E-state index in [-0.39, 0.29) is 11.2 Å². The van der Waals surface area contributed by atoms with Crippen molar-refractivity contribution in [2.24, 2.45) is 0 Å². The van der Waals surface area contributed by atoms with Crippen LogP contribution in [0.3, 0.4) is 0 Å². The lowest BCUT2D eigenvalue weighted by atomic mass is 9.84. The van der Waals surface area contributed by atoms with Crippen LogP contribution in [0.2, 0.25) is 0 Å². The second-order valence-electron chi connectivity index (χ2n) is 6.78. The molecule has 1 aromatic carbocycles. The molecule has 0 saturated carbocycles. The van der Waals surface area contributed by atoms with Gasteiger partial charge in [0.05, 0.1) is 23.0 Å². The van der Waals surface area contributed by atoms with Gasteiger partial charge in [0.25, 0.3) is 0 Å². The van der Waals surface area contributed by atoms with Gasteiger partial charge in [-0.1, -0.05) is 30.3 Å². The number of hydrogen-bond acceptors (Lipinski definition) is 4. The minimum atomic E-state index is -0.442. The number of benzene rings is 1. The third-order valence-electron chi connectivity index (χ3n) is 4.50. The van der Waals surface area contributed by atoms with E-state index in [1.54, 1.807) is 6.20 Å². The quantitative estimate of drug-likeness (QED) is 0.814. The summed E-state index contributed by atoms with van der Waals surface area (Å²) < 4.78 is 17.7. The van der Waals surface area contributed by atoms with Crippen LogP contribution >= 0.6 is 0 Å². The van der Waals surface area contributed by atoms with Crippen LogP contribution in [-0.2, 0) is 15.9 Å². The lowest BCUT2D eigenvalue weighted by molar-refractivity contribution is 0.00578. The van der Waals surface area contributed by atoms with E-state index in [4.69, 9.17) is 14.0 Å². The van der Waals surface area contributed by atoms with Gasteiger partial charge in [0.1, 0.15) is 12.4 Å². The summed E-state index contributed by atoms with van der Waals surface area (Å²) >= 11 is 0. The predicted molar refractivity (Wildman–Crippen MR) is 90.7 cm³/mol. The van der Waals surface area contributed by atoms with Crippen LogP contribution in [-0.4, -0.2) is 23.3 Å². The molecule has 1 aliphatic rings. The van der Waals surface area contributed by atoms with E-state index in [1.807, 2.05) is 70.2 Å². The van der Waals surface area contributed by atoms with E-state index in [0.717, 1.165) is 16.9 Å². The van der Waals surface area contributed by atoms with Crippen LogP contribution < -0.4 is 10.3 Å². The van der Waals surface area contributed by atoms with Crippen molar-refractivity contribution in [3.05, 3.63) is 54.2 Å². The summed E-state index contributed by atoms with van der Waals surface area (Å²) in [6.45, 7) is 8.65. The van der Waals surface area contributed by atoms with Crippen LogP contribution in [0.1, 0.15) is 33.3 Å². The van der Waals surface area contributed by atoms with Crippen molar-refractivity contribution in [2.45, 2.75) is 45.5 Å². The first-order chi connectivity index (χ1) is 10.9. The van der Waals surface area contributed by atoms with Gasteiger partial charge < -0.3 is 14.0 Å². The number of pyridine rings is 1. The maximum atomic E-state index is 5.99. The number of aromatic nitrogens is 1. The molecular weight excluding hydrogens is 289 g/mol. The van der Waals surface area contributed by atoms with E-state index in [1.165, 1.54) is 0 Å². The van der Waals surface area contributed by atoms with Crippen LogP contribution in [0.5, 0.6) is 5.75 Å². The molecule has 2 aromatic rings. The van der Waals surface area contributed by atoms with Crippen molar-refractivity contribution < 1.29 is 14.0 Å². The van der Waals surface area contributed by atoms with E-state index < -0.39 is 7.12 Å². The minimum absolute atomic E-state index is 0.359. The highest BCUT2D eigenvalue weighted by Crippen LogP contribution is 2.36. The molecule has 23 heavy (non-hydrogen) atoms. The van der Waals surface area contributed by atoms with Gasteiger partial charge in [0, 0.05) is 0 Å². The molecule has 0 amide bonds. The maximum absolute atomic E-state index is 5.99. The molecule has 0 spiro atoms. The Morgan fingerprint density at radius 2 is 1.61 bits per heavy atom. The monoisotopic (exact) mass is 311 g/mol. The van der Waals surface area contributed by atoms with E-state index >= 15 is 0 Å². The Kier molecular flexibility index (Phi) is 4.17. The zero-order valence-electron chi connectivity index (χ0n) is 14.1. The summed E-state index contributed by atoms with van der Waals surface area (Å²) in [5.41, 5.74) is 1.17. The first-order valence-electron chi connectivity index (χ1n) is 7.86. The molecule has 0 aliphatic carbocycles. The zero-order chi connectivity index (χ0) is 16.5. The fourth-order valence-electron chi connectivity index (χ4n) is 2.32. The Morgan fingerprint density at radius 3 is 2.17 bits per heavy atom. The van der Waals surface area contributed by atoms with Gasteiger partial charge in [0.2, 0.25) is 0 Å². The third-order valence-corrected chi connectivity index (χ3v) is 4.50. The van der Waals surface area contributed by atoms with Crippen molar-refractivity contribution in [3.63, 3.8) is 0 Å². The topological polar surface area (TPSA) is 40.6 Å². The Labute approximate surface area is 137 Å². The molecular formula is C18H22BNO3. The second kappa shape index (κ2) is 5.98. The average molecular weight is 311 g/mol. The first kappa shape index (κ1) is 16.0. The molecule has 1 aromatic heterocycles. The predicted octanol–water partition coefficient (Wildman–Crippen LogP) is 2.96. The van der Waals surface area contributed by atoms with Crippen molar-refractivity contribution in [1.29, 1.82) is 0 Å². The van der Waals surface area contributed by atoms with E-state index in [0.29, 0.717) is 6.61 Å². The highest BCUT2D eigenvalue weighted by Gasteiger charge is 2.52. The van der Waals surface area contributed by atoms with Crippen molar-refractivity contribution in [2.75, 3.05) is 0 Å². The lowest BCUT2D eigenvalue weighted by Gasteiger charge is -2.32. The van der Waals surface area contributed by atoms with Gasteiger partial charge in [-0.2, -0.15) is 0 Å². The molecule has 0 radical (unpaired) electrons. The van der Waals surface area contributed by atoms with Crippen LogP contribution in [0.15, 0.2) is 48.7 Å². The normalized spacial score (nSPS) is 18.9. The van der Waals surface area contributed by atoms with Crippen molar-refractivity contribution in [3.8, 4) is 5.75 Å². The molecule has 1 saturated heterocycles. The molecule has 4 nitrogen and oxygen atoms in total. The van der Waals surface area contributed by atoms with Gasteiger partial charge >= 0.3 is 7.12 Å². The lowest BCUT2D eigenvalue weighted by Crippen LogP contribution is -2.41. The minimum Gasteiger partial charge on any atom is -0.487 e. The highest BCUT2D eigenvalue weighted by atomic mass is 16.7. The SMILES string of the molecule is CC1(C)OB(c2ccc(OCc3ccccc3)cn2)OC1(C)C.